The first kappa shape index (κ1) is 17.6. The van der Waals surface area contributed by atoms with Gasteiger partial charge in [0.25, 0.3) is 0 Å². The lowest BCUT2D eigenvalue weighted by Gasteiger charge is -2.17. The number of benzene rings is 2. The number of thiazole rings is 1. The minimum Gasteiger partial charge on any atom is -0.494 e. The molecular formula is C18H16ClFN2O2S. The standard InChI is InChI=1S/C18H16ClFN2O2S/c1-3-22(18-21-14-10-12(19)5-7-16(14)25-18)17(23)9-11-4-6-15(24-2)13(20)8-11/h4-8,10H,3,9H2,1-2H3. The zero-order valence-electron chi connectivity index (χ0n) is 13.8. The predicted molar refractivity (Wildman–Crippen MR) is 99.3 cm³/mol. The number of anilines is 1. The Morgan fingerprint density at radius 1 is 1.32 bits per heavy atom. The molecule has 0 saturated heterocycles. The van der Waals surface area contributed by atoms with Crippen LogP contribution in [0.15, 0.2) is 36.4 Å². The number of aromatic nitrogens is 1. The molecule has 0 atom stereocenters. The van der Waals surface area contributed by atoms with Crippen LogP contribution >= 0.6 is 22.9 Å². The number of methoxy groups -OCH3 is 1. The second-order valence-electron chi connectivity index (χ2n) is 5.39. The van der Waals surface area contributed by atoms with Crippen molar-refractivity contribution >= 4 is 44.2 Å². The minimum absolute atomic E-state index is 0.0887. The summed E-state index contributed by atoms with van der Waals surface area (Å²) in [4.78, 5) is 18.8. The molecule has 0 radical (unpaired) electrons. The monoisotopic (exact) mass is 378 g/mol. The van der Waals surface area contributed by atoms with Crippen molar-refractivity contribution in [1.82, 2.24) is 4.98 Å². The summed E-state index contributed by atoms with van der Waals surface area (Å²) >= 11 is 7.42. The highest BCUT2D eigenvalue weighted by atomic mass is 35.5. The molecule has 1 amide bonds. The molecule has 0 fully saturated rings. The summed E-state index contributed by atoms with van der Waals surface area (Å²) in [5, 5.41) is 1.21. The number of hydrogen-bond donors (Lipinski definition) is 0. The van der Waals surface area contributed by atoms with Crippen molar-refractivity contribution in [3.63, 3.8) is 0 Å². The van der Waals surface area contributed by atoms with Gasteiger partial charge in [-0.1, -0.05) is 29.0 Å². The van der Waals surface area contributed by atoms with Crippen LogP contribution in [0.25, 0.3) is 10.2 Å². The minimum atomic E-state index is -0.481. The van der Waals surface area contributed by atoms with Crippen molar-refractivity contribution in [2.75, 3.05) is 18.6 Å². The van der Waals surface area contributed by atoms with Gasteiger partial charge in [-0.05, 0) is 42.8 Å². The van der Waals surface area contributed by atoms with E-state index in [0.29, 0.717) is 22.3 Å². The van der Waals surface area contributed by atoms with Crippen molar-refractivity contribution < 1.29 is 13.9 Å². The van der Waals surface area contributed by atoms with Crippen LogP contribution in [0.2, 0.25) is 5.02 Å². The van der Waals surface area contributed by atoms with E-state index >= 15 is 0 Å². The van der Waals surface area contributed by atoms with Crippen LogP contribution in [0.3, 0.4) is 0 Å². The second kappa shape index (κ2) is 7.37. The van der Waals surface area contributed by atoms with Crippen LogP contribution in [0.4, 0.5) is 9.52 Å². The molecule has 3 rings (SSSR count). The number of likely N-dealkylation sites (N-methyl/N-ethyl adjacent to an activating group) is 1. The highest BCUT2D eigenvalue weighted by Crippen LogP contribution is 2.31. The topological polar surface area (TPSA) is 42.4 Å². The fraction of sp³-hybridized carbons (Fsp3) is 0.222. The molecule has 0 aliphatic carbocycles. The van der Waals surface area contributed by atoms with Gasteiger partial charge in [0, 0.05) is 11.6 Å². The Kier molecular flexibility index (Phi) is 5.20. The Morgan fingerprint density at radius 3 is 2.80 bits per heavy atom. The number of carbonyl (C=O) groups is 1. The average molecular weight is 379 g/mol. The van der Waals surface area contributed by atoms with Crippen molar-refractivity contribution in [2.45, 2.75) is 13.3 Å². The van der Waals surface area contributed by atoms with Crippen LogP contribution in [-0.4, -0.2) is 24.5 Å². The molecule has 1 aromatic heterocycles. The van der Waals surface area contributed by atoms with E-state index in [1.54, 1.807) is 23.1 Å². The predicted octanol–water partition coefficient (Wildman–Crippen LogP) is 4.69. The molecule has 4 nitrogen and oxygen atoms in total. The van der Waals surface area contributed by atoms with Gasteiger partial charge in [0.15, 0.2) is 16.7 Å². The van der Waals surface area contributed by atoms with Gasteiger partial charge in [0.2, 0.25) is 5.91 Å². The van der Waals surface area contributed by atoms with Crippen molar-refractivity contribution in [3.05, 3.63) is 52.8 Å². The largest absolute Gasteiger partial charge is 0.494 e. The van der Waals surface area contributed by atoms with E-state index in [2.05, 4.69) is 4.98 Å². The lowest BCUT2D eigenvalue weighted by molar-refractivity contribution is -0.117. The maximum absolute atomic E-state index is 13.8. The highest BCUT2D eigenvalue weighted by molar-refractivity contribution is 7.22. The van der Waals surface area contributed by atoms with Crippen LogP contribution < -0.4 is 9.64 Å². The number of carbonyl (C=O) groups excluding carboxylic acids is 1. The van der Waals surface area contributed by atoms with E-state index in [4.69, 9.17) is 16.3 Å². The number of ether oxygens (including phenoxy) is 1. The number of halogens is 2. The first-order valence-corrected chi connectivity index (χ1v) is 8.90. The van der Waals surface area contributed by atoms with E-state index in [9.17, 15) is 9.18 Å². The third-order valence-electron chi connectivity index (χ3n) is 3.76. The number of nitrogens with zero attached hydrogens (tertiary/aromatic N) is 2. The fourth-order valence-corrected chi connectivity index (χ4v) is 3.71. The molecule has 0 saturated carbocycles. The normalized spacial score (nSPS) is 10.9. The molecule has 1 heterocycles. The smallest absolute Gasteiger partial charge is 0.233 e. The second-order valence-corrected chi connectivity index (χ2v) is 6.84. The van der Waals surface area contributed by atoms with Crippen LogP contribution in [-0.2, 0) is 11.2 Å². The molecule has 0 unspecified atom stereocenters. The van der Waals surface area contributed by atoms with E-state index < -0.39 is 5.82 Å². The maximum Gasteiger partial charge on any atom is 0.233 e. The molecule has 25 heavy (non-hydrogen) atoms. The first-order chi connectivity index (χ1) is 12.0. The van der Waals surface area contributed by atoms with Gasteiger partial charge in [0.05, 0.1) is 23.7 Å². The molecule has 0 aliphatic rings. The maximum atomic E-state index is 13.8. The number of amides is 1. The summed E-state index contributed by atoms with van der Waals surface area (Å²) in [7, 11) is 1.40. The van der Waals surface area contributed by atoms with Crippen LogP contribution in [0.1, 0.15) is 12.5 Å². The third kappa shape index (κ3) is 3.75. The molecule has 130 valence electrons. The van der Waals surface area contributed by atoms with Gasteiger partial charge >= 0.3 is 0 Å². The zero-order valence-corrected chi connectivity index (χ0v) is 15.3. The summed E-state index contributed by atoms with van der Waals surface area (Å²) in [6, 6.07) is 9.98. The molecule has 0 spiro atoms. The fourth-order valence-electron chi connectivity index (χ4n) is 2.51. The molecule has 7 heteroatoms. The van der Waals surface area contributed by atoms with Gasteiger partial charge in [-0.3, -0.25) is 9.69 Å². The van der Waals surface area contributed by atoms with E-state index in [1.165, 1.54) is 30.6 Å². The summed E-state index contributed by atoms with van der Waals surface area (Å²) in [6.07, 6.45) is 0.0887. The van der Waals surface area contributed by atoms with Gasteiger partial charge < -0.3 is 4.74 Å². The van der Waals surface area contributed by atoms with Crippen molar-refractivity contribution in [2.24, 2.45) is 0 Å². The average Bonchev–Trinajstić information content (AvgIpc) is 2.98. The van der Waals surface area contributed by atoms with Crippen LogP contribution in [0.5, 0.6) is 5.75 Å². The lowest BCUT2D eigenvalue weighted by atomic mass is 10.1. The van der Waals surface area contributed by atoms with E-state index in [0.717, 1.165) is 10.2 Å². The SMILES string of the molecule is CCN(C(=O)Cc1ccc(OC)c(F)c1)c1nc2cc(Cl)ccc2s1. The van der Waals surface area contributed by atoms with E-state index in [1.807, 2.05) is 13.0 Å². The quantitative estimate of drug-likeness (QED) is 0.646. The Hall–Kier alpha value is -2.18. The Bertz CT molecular complexity index is 929. The van der Waals surface area contributed by atoms with Crippen LogP contribution in [0, 0.1) is 5.82 Å². The summed E-state index contributed by atoms with van der Waals surface area (Å²) < 4.78 is 19.7. The molecule has 0 aliphatic heterocycles. The number of hydrogen-bond acceptors (Lipinski definition) is 4. The van der Waals surface area contributed by atoms with Gasteiger partial charge in [-0.15, -0.1) is 0 Å². The molecule has 0 bridgehead atoms. The highest BCUT2D eigenvalue weighted by Gasteiger charge is 2.19. The Morgan fingerprint density at radius 2 is 2.12 bits per heavy atom. The van der Waals surface area contributed by atoms with Gasteiger partial charge in [0.1, 0.15) is 0 Å². The molecule has 3 aromatic rings. The lowest BCUT2D eigenvalue weighted by Crippen LogP contribution is -2.31. The summed E-state index contributed by atoms with van der Waals surface area (Å²) in [5.41, 5.74) is 1.35. The van der Waals surface area contributed by atoms with Crippen molar-refractivity contribution in [1.29, 1.82) is 0 Å². The molecule has 0 N–H and O–H groups in total. The van der Waals surface area contributed by atoms with Gasteiger partial charge in [-0.2, -0.15) is 0 Å². The number of fused-ring (bicyclic) bond motifs is 1. The number of rotatable bonds is 5. The summed E-state index contributed by atoms with van der Waals surface area (Å²) in [6.45, 7) is 2.36. The Labute approximate surface area is 153 Å². The molecule has 2 aromatic carbocycles. The third-order valence-corrected chi connectivity index (χ3v) is 5.05. The van der Waals surface area contributed by atoms with E-state index in [-0.39, 0.29) is 18.1 Å². The molecular weight excluding hydrogens is 363 g/mol. The first-order valence-electron chi connectivity index (χ1n) is 7.70. The zero-order chi connectivity index (χ0) is 18.0. The van der Waals surface area contributed by atoms with Crippen molar-refractivity contribution in [3.8, 4) is 5.75 Å². The Balaban J connectivity index is 1.84. The van der Waals surface area contributed by atoms with Gasteiger partial charge in [-0.25, -0.2) is 9.37 Å². The summed E-state index contributed by atoms with van der Waals surface area (Å²) in [5.74, 6) is -0.464.